The zero-order valence-electron chi connectivity index (χ0n) is 19.8. The molecule has 1 aliphatic carbocycles. The topological polar surface area (TPSA) is 65.5 Å². The minimum absolute atomic E-state index is 0.0684. The summed E-state index contributed by atoms with van der Waals surface area (Å²) in [5.74, 6) is 0.822. The van der Waals surface area contributed by atoms with E-state index in [9.17, 15) is 17.6 Å². The molecule has 0 unspecified atom stereocenters. The van der Waals surface area contributed by atoms with Gasteiger partial charge in [0.15, 0.2) is 11.5 Å². The molecule has 0 spiro atoms. The predicted octanol–water partition coefficient (Wildman–Crippen LogP) is 6.05. The Morgan fingerprint density at radius 3 is 2.46 bits per heavy atom. The zero-order chi connectivity index (χ0) is 25.2. The van der Waals surface area contributed by atoms with Crippen LogP contribution in [0.25, 0.3) is 10.9 Å². The van der Waals surface area contributed by atoms with E-state index in [1.54, 1.807) is 19.1 Å². The van der Waals surface area contributed by atoms with Crippen LogP contribution in [-0.2, 0) is 17.5 Å². The van der Waals surface area contributed by atoms with Crippen LogP contribution in [0, 0.1) is 12.7 Å². The van der Waals surface area contributed by atoms with Crippen LogP contribution in [0.2, 0.25) is 0 Å². The van der Waals surface area contributed by atoms with E-state index in [4.69, 9.17) is 14.2 Å². The molecule has 10 heteroatoms. The van der Waals surface area contributed by atoms with Crippen molar-refractivity contribution in [2.75, 3.05) is 25.6 Å². The number of hydrogen-bond donors (Lipinski definition) is 1. The van der Waals surface area contributed by atoms with Gasteiger partial charge in [0.2, 0.25) is 0 Å². The number of nitrogens with zero attached hydrogens (tertiary/aromatic N) is 2. The summed E-state index contributed by atoms with van der Waals surface area (Å²) in [6.07, 6.45) is -1.41. The molecule has 0 saturated heterocycles. The number of alkyl halides is 3. The number of fused-ring (bicyclic) bond motifs is 1. The summed E-state index contributed by atoms with van der Waals surface area (Å²) in [5, 5.41) is 3.60. The van der Waals surface area contributed by atoms with Gasteiger partial charge in [-0.05, 0) is 62.9 Å². The van der Waals surface area contributed by atoms with Gasteiger partial charge in [-0.2, -0.15) is 13.2 Å². The minimum atomic E-state index is -4.64. The first-order valence-electron chi connectivity index (χ1n) is 11.3. The lowest BCUT2D eigenvalue weighted by molar-refractivity contribution is -0.137. The average Bonchev–Trinajstić information content (AvgIpc) is 2.77. The average molecular weight is 494 g/mol. The lowest BCUT2D eigenvalue weighted by atomic mass is 9.82. The third-order valence-corrected chi connectivity index (χ3v) is 6.04. The van der Waals surface area contributed by atoms with E-state index in [1.807, 2.05) is 0 Å². The first-order chi connectivity index (χ1) is 16.6. The quantitative estimate of drug-likeness (QED) is 0.289. The molecule has 188 valence electrons. The summed E-state index contributed by atoms with van der Waals surface area (Å²) in [4.78, 5) is 8.82. The van der Waals surface area contributed by atoms with Gasteiger partial charge in [0.25, 0.3) is 0 Å². The second-order valence-corrected chi connectivity index (χ2v) is 8.84. The lowest BCUT2D eigenvalue weighted by Crippen LogP contribution is -2.37. The number of benzene rings is 2. The number of aromatic nitrogens is 2. The summed E-state index contributed by atoms with van der Waals surface area (Å²) >= 11 is 0. The Morgan fingerprint density at radius 1 is 1.03 bits per heavy atom. The van der Waals surface area contributed by atoms with Gasteiger partial charge >= 0.3 is 6.18 Å². The van der Waals surface area contributed by atoms with Crippen molar-refractivity contribution < 1.29 is 31.8 Å². The summed E-state index contributed by atoms with van der Waals surface area (Å²) in [6, 6.07) is 5.86. The van der Waals surface area contributed by atoms with Crippen molar-refractivity contribution in [2.24, 2.45) is 0 Å². The number of aryl methyl sites for hydroxylation is 1. The number of methoxy groups -OCH3 is 1. The molecule has 0 aliphatic heterocycles. The molecule has 0 bridgehead atoms. The highest BCUT2D eigenvalue weighted by atomic mass is 19.4. The smallest absolute Gasteiger partial charge is 0.416 e. The Bertz CT molecular complexity index is 1210. The van der Waals surface area contributed by atoms with Crippen LogP contribution in [0.3, 0.4) is 0 Å². The van der Waals surface area contributed by atoms with Crippen molar-refractivity contribution in [1.29, 1.82) is 0 Å². The van der Waals surface area contributed by atoms with E-state index in [0.29, 0.717) is 53.3 Å². The van der Waals surface area contributed by atoms with Crippen molar-refractivity contribution in [3.8, 4) is 11.5 Å². The van der Waals surface area contributed by atoms with Crippen molar-refractivity contribution in [3.05, 3.63) is 53.1 Å². The SMILES string of the molecule is COc1cc2nc(C)nc(NCc3cc(F)cc(C(F)(F)F)c3)c2cc1OCCOC1(C)CCC1. The Morgan fingerprint density at radius 2 is 1.80 bits per heavy atom. The van der Waals surface area contributed by atoms with Gasteiger partial charge in [-0.15, -0.1) is 0 Å². The molecule has 1 heterocycles. The molecule has 1 fully saturated rings. The highest BCUT2D eigenvalue weighted by Crippen LogP contribution is 2.36. The van der Waals surface area contributed by atoms with Crippen LogP contribution in [0.1, 0.15) is 43.1 Å². The third kappa shape index (κ3) is 5.93. The molecule has 2 aromatic carbocycles. The lowest BCUT2D eigenvalue weighted by Gasteiger charge is -2.38. The van der Waals surface area contributed by atoms with Gasteiger partial charge in [0, 0.05) is 18.0 Å². The molecule has 0 amide bonds. The summed E-state index contributed by atoms with van der Waals surface area (Å²) in [7, 11) is 1.52. The molecular weight excluding hydrogens is 466 g/mol. The maximum absolute atomic E-state index is 13.8. The van der Waals surface area contributed by atoms with E-state index >= 15 is 0 Å². The molecule has 0 radical (unpaired) electrons. The van der Waals surface area contributed by atoms with E-state index in [-0.39, 0.29) is 17.7 Å². The van der Waals surface area contributed by atoms with E-state index in [1.165, 1.54) is 7.11 Å². The van der Waals surface area contributed by atoms with Crippen LogP contribution in [0.15, 0.2) is 30.3 Å². The molecule has 4 rings (SSSR count). The summed E-state index contributed by atoms with van der Waals surface area (Å²) in [6.45, 7) is 4.45. The van der Waals surface area contributed by atoms with Crippen LogP contribution in [0.5, 0.6) is 11.5 Å². The van der Waals surface area contributed by atoms with Gasteiger partial charge in [-0.3, -0.25) is 0 Å². The van der Waals surface area contributed by atoms with Crippen molar-refractivity contribution in [1.82, 2.24) is 9.97 Å². The normalized spacial score (nSPS) is 15.1. The maximum atomic E-state index is 13.8. The first-order valence-corrected chi connectivity index (χ1v) is 11.3. The fraction of sp³-hybridized carbons (Fsp3) is 0.440. The number of hydrogen-bond acceptors (Lipinski definition) is 6. The molecule has 1 aliphatic rings. The number of halogens is 4. The maximum Gasteiger partial charge on any atom is 0.416 e. The molecule has 35 heavy (non-hydrogen) atoms. The van der Waals surface area contributed by atoms with Gasteiger partial charge in [0.05, 0.1) is 30.4 Å². The molecular formula is C25H27F4N3O3. The van der Waals surface area contributed by atoms with Gasteiger partial charge in [-0.1, -0.05) is 0 Å². The molecule has 6 nitrogen and oxygen atoms in total. The first kappa shape index (κ1) is 25.0. The largest absolute Gasteiger partial charge is 0.493 e. The third-order valence-electron chi connectivity index (χ3n) is 6.04. The van der Waals surface area contributed by atoms with Gasteiger partial charge in [-0.25, -0.2) is 14.4 Å². The Hall–Kier alpha value is -3.14. The highest BCUT2D eigenvalue weighted by molar-refractivity contribution is 5.91. The Kier molecular flexibility index (Phi) is 7.02. The van der Waals surface area contributed by atoms with E-state index < -0.39 is 17.6 Å². The van der Waals surface area contributed by atoms with Crippen molar-refractivity contribution in [2.45, 2.75) is 51.4 Å². The number of anilines is 1. The van der Waals surface area contributed by atoms with Crippen molar-refractivity contribution >= 4 is 16.7 Å². The minimum Gasteiger partial charge on any atom is -0.493 e. The predicted molar refractivity (Wildman–Crippen MR) is 123 cm³/mol. The molecule has 1 N–H and O–H groups in total. The number of rotatable bonds is 9. The van der Waals surface area contributed by atoms with E-state index in [2.05, 4.69) is 22.2 Å². The fourth-order valence-corrected chi connectivity index (χ4v) is 4.02. The molecule has 1 saturated carbocycles. The standard InChI is InChI=1S/C25H27F4N3O3/c1-15-31-20-13-21(33-3)22(34-7-8-35-24(2)5-4-6-24)12-19(20)23(32-15)30-14-16-9-17(25(27,28)29)11-18(26)10-16/h9-13H,4-8,14H2,1-3H3,(H,30,31,32). The summed E-state index contributed by atoms with van der Waals surface area (Å²) < 4.78 is 70.2. The van der Waals surface area contributed by atoms with Crippen LogP contribution >= 0.6 is 0 Å². The van der Waals surface area contributed by atoms with E-state index in [0.717, 1.165) is 31.4 Å². The molecule has 3 aromatic rings. The Labute approximate surface area is 200 Å². The second kappa shape index (κ2) is 9.85. The molecule has 0 atom stereocenters. The van der Waals surface area contributed by atoms with Crippen LogP contribution < -0.4 is 14.8 Å². The second-order valence-electron chi connectivity index (χ2n) is 8.84. The highest BCUT2D eigenvalue weighted by Gasteiger charge is 2.32. The number of ether oxygens (including phenoxy) is 3. The van der Waals surface area contributed by atoms with Gasteiger partial charge < -0.3 is 19.5 Å². The summed E-state index contributed by atoms with van der Waals surface area (Å²) in [5.41, 5.74) is -0.426. The molecule has 1 aromatic heterocycles. The zero-order valence-corrected chi connectivity index (χ0v) is 19.8. The van der Waals surface area contributed by atoms with Crippen LogP contribution in [0.4, 0.5) is 23.4 Å². The number of nitrogens with one attached hydrogen (secondary N) is 1. The fourth-order valence-electron chi connectivity index (χ4n) is 4.02. The Balaban J connectivity index is 1.55. The van der Waals surface area contributed by atoms with Gasteiger partial charge in [0.1, 0.15) is 24.1 Å². The monoisotopic (exact) mass is 493 g/mol. The van der Waals surface area contributed by atoms with Crippen LogP contribution in [-0.4, -0.2) is 35.9 Å². The van der Waals surface area contributed by atoms with Crippen molar-refractivity contribution in [3.63, 3.8) is 0 Å².